The predicted molar refractivity (Wildman–Crippen MR) is 138 cm³/mol. The molecule has 3 aliphatic rings. The molecule has 0 aromatic heterocycles. The van der Waals surface area contributed by atoms with E-state index in [0.29, 0.717) is 57.7 Å². The molecule has 2 amide bonds. The minimum Gasteiger partial charge on any atom is -0.444 e. The summed E-state index contributed by atoms with van der Waals surface area (Å²) in [6.07, 6.45) is 0.0418. The molecule has 2 aliphatic carbocycles. The highest BCUT2D eigenvalue weighted by molar-refractivity contribution is 7.89. The van der Waals surface area contributed by atoms with Gasteiger partial charge in [-0.3, -0.25) is 4.79 Å². The molecule has 2 saturated carbocycles. The molecule has 218 valence electrons. The normalized spacial score (nSPS) is 23.5. The first-order valence-electron chi connectivity index (χ1n) is 13.7. The molecule has 8 nitrogen and oxygen atoms in total. The minimum absolute atomic E-state index is 0.0621. The Hall–Kier alpha value is -2.34. The van der Waals surface area contributed by atoms with Crippen molar-refractivity contribution >= 4 is 22.0 Å². The standard InChI is InChI=1S/C27H38F3N3O5S/c1-26(2,3)38-25(35)31-23-10-5-4-9-22(23)24(34)32-15-13-20(14-16-32)33(19-11-12-19)39(36,37)21-8-6-7-18(17-21)27(28,29)30/h6-8,17,19-20,22-23H,4-5,9-16H2,1-3H3,(H,31,35)/t22-,23+/m0/s1. The van der Waals surface area contributed by atoms with Gasteiger partial charge in [0.2, 0.25) is 15.9 Å². The number of ether oxygens (including phenoxy) is 1. The Morgan fingerprint density at radius 3 is 2.18 bits per heavy atom. The van der Waals surface area contributed by atoms with Gasteiger partial charge in [0.1, 0.15) is 5.60 Å². The predicted octanol–water partition coefficient (Wildman–Crippen LogP) is 4.93. The maximum Gasteiger partial charge on any atom is 0.416 e. The van der Waals surface area contributed by atoms with Gasteiger partial charge in [0.15, 0.2) is 0 Å². The van der Waals surface area contributed by atoms with Gasteiger partial charge in [-0.15, -0.1) is 0 Å². The van der Waals surface area contributed by atoms with E-state index in [9.17, 15) is 31.2 Å². The molecule has 3 fully saturated rings. The summed E-state index contributed by atoms with van der Waals surface area (Å²) in [7, 11) is -4.15. The molecule has 0 unspecified atom stereocenters. The Morgan fingerprint density at radius 2 is 1.59 bits per heavy atom. The van der Waals surface area contributed by atoms with Crippen LogP contribution in [-0.2, 0) is 25.7 Å². The topological polar surface area (TPSA) is 96.0 Å². The Balaban J connectivity index is 1.43. The second kappa shape index (κ2) is 11.3. The number of benzene rings is 1. The number of alkyl halides is 3. The fraction of sp³-hybridized carbons (Fsp3) is 0.704. The van der Waals surface area contributed by atoms with Gasteiger partial charge in [-0.05, 0) is 77.5 Å². The van der Waals surface area contributed by atoms with Gasteiger partial charge in [-0.2, -0.15) is 17.5 Å². The molecule has 4 rings (SSSR count). The van der Waals surface area contributed by atoms with Crippen molar-refractivity contribution in [3.05, 3.63) is 29.8 Å². The van der Waals surface area contributed by atoms with Gasteiger partial charge < -0.3 is 15.0 Å². The third-order valence-corrected chi connectivity index (χ3v) is 9.57. The highest BCUT2D eigenvalue weighted by atomic mass is 32.2. The molecular formula is C27H38F3N3O5S. The van der Waals surface area contributed by atoms with Crippen molar-refractivity contribution in [3.63, 3.8) is 0 Å². The number of alkyl carbamates (subject to hydrolysis) is 1. The second-order valence-corrected chi connectivity index (χ2v) is 13.6. The van der Waals surface area contributed by atoms with Crippen molar-refractivity contribution in [3.8, 4) is 0 Å². The molecule has 0 bridgehead atoms. The van der Waals surface area contributed by atoms with Gasteiger partial charge in [0.25, 0.3) is 0 Å². The molecule has 1 N–H and O–H groups in total. The third kappa shape index (κ3) is 7.25. The molecular weight excluding hydrogens is 535 g/mol. The van der Waals surface area contributed by atoms with E-state index in [2.05, 4.69) is 5.32 Å². The number of sulfonamides is 1. The summed E-state index contributed by atoms with van der Waals surface area (Å²) >= 11 is 0. The van der Waals surface area contributed by atoms with Crippen LogP contribution in [0.5, 0.6) is 0 Å². The van der Waals surface area contributed by atoms with E-state index in [1.165, 1.54) is 10.4 Å². The summed E-state index contributed by atoms with van der Waals surface area (Å²) in [6, 6.07) is 2.92. The molecule has 1 aromatic rings. The number of halogens is 3. The summed E-state index contributed by atoms with van der Waals surface area (Å²) in [6.45, 7) is 6.02. The fourth-order valence-electron chi connectivity index (χ4n) is 5.61. The van der Waals surface area contributed by atoms with Crippen molar-refractivity contribution < 1.29 is 35.9 Å². The first-order chi connectivity index (χ1) is 18.2. The molecule has 0 radical (unpaired) electrons. The van der Waals surface area contributed by atoms with Crippen LogP contribution in [-0.4, -0.2) is 66.4 Å². The monoisotopic (exact) mass is 573 g/mol. The van der Waals surface area contributed by atoms with Crippen molar-refractivity contribution in [2.75, 3.05) is 13.1 Å². The smallest absolute Gasteiger partial charge is 0.416 e. The molecule has 1 aliphatic heterocycles. The average Bonchev–Trinajstić information content (AvgIpc) is 3.68. The number of hydrogen-bond donors (Lipinski definition) is 1. The van der Waals surface area contributed by atoms with E-state index < -0.39 is 39.5 Å². The van der Waals surface area contributed by atoms with Crippen molar-refractivity contribution in [1.29, 1.82) is 0 Å². The number of hydrogen-bond acceptors (Lipinski definition) is 5. The number of likely N-dealkylation sites (tertiary alicyclic amines) is 1. The highest BCUT2D eigenvalue weighted by Gasteiger charge is 2.45. The lowest BCUT2D eigenvalue weighted by molar-refractivity contribution is -0.139. The summed E-state index contributed by atoms with van der Waals surface area (Å²) in [4.78, 5) is 27.2. The number of carbonyl (C=O) groups excluding carboxylic acids is 2. The van der Waals surface area contributed by atoms with Gasteiger partial charge in [-0.1, -0.05) is 18.9 Å². The quantitative estimate of drug-likeness (QED) is 0.521. The van der Waals surface area contributed by atoms with E-state index >= 15 is 0 Å². The number of carbonyl (C=O) groups is 2. The van der Waals surface area contributed by atoms with Crippen molar-refractivity contribution in [2.24, 2.45) is 5.92 Å². The van der Waals surface area contributed by atoms with Crippen LogP contribution < -0.4 is 5.32 Å². The zero-order valence-corrected chi connectivity index (χ0v) is 23.5. The summed E-state index contributed by atoms with van der Waals surface area (Å²) < 4.78 is 73.6. The summed E-state index contributed by atoms with van der Waals surface area (Å²) in [5.41, 5.74) is -1.65. The van der Waals surface area contributed by atoms with E-state index in [1.807, 2.05) is 0 Å². The van der Waals surface area contributed by atoms with Gasteiger partial charge in [0.05, 0.1) is 16.4 Å². The first kappa shape index (κ1) is 29.6. The zero-order chi connectivity index (χ0) is 28.6. The average molecular weight is 574 g/mol. The Morgan fingerprint density at radius 1 is 0.974 bits per heavy atom. The Bertz CT molecular complexity index is 1160. The van der Waals surface area contributed by atoms with Crippen LogP contribution in [0.1, 0.15) is 77.7 Å². The largest absolute Gasteiger partial charge is 0.444 e. The van der Waals surface area contributed by atoms with Gasteiger partial charge in [0, 0.05) is 31.2 Å². The van der Waals surface area contributed by atoms with Crippen LogP contribution in [0.25, 0.3) is 0 Å². The van der Waals surface area contributed by atoms with E-state index in [4.69, 9.17) is 4.74 Å². The summed E-state index contributed by atoms with van der Waals surface area (Å²) in [5, 5.41) is 2.87. The number of nitrogens with one attached hydrogen (secondary N) is 1. The molecule has 2 atom stereocenters. The zero-order valence-electron chi connectivity index (χ0n) is 22.7. The number of nitrogens with zero attached hydrogens (tertiary/aromatic N) is 2. The van der Waals surface area contributed by atoms with Crippen LogP contribution >= 0.6 is 0 Å². The maximum atomic E-state index is 13.5. The molecule has 39 heavy (non-hydrogen) atoms. The van der Waals surface area contributed by atoms with Crippen molar-refractivity contribution in [2.45, 2.75) is 107 Å². The third-order valence-electron chi connectivity index (χ3n) is 7.56. The van der Waals surface area contributed by atoms with Crippen LogP contribution in [0, 0.1) is 5.92 Å². The van der Waals surface area contributed by atoms with Gasteiger partial charge in [-0.25, -0.2) is 13.2 Å². The molecule has 1 heterocycles. The number of amides is 2. The molecule has 1 aromatic carbocycles. The number of piperidine rings is 1. The number of rotatable bonds is 6. The van der Waals surface area contributed by atoms with E-state index in [1.54, 1.807) is 25.7 Å². The lowest BCUT2D eigenvalue weighted by atomic mass is 9.83. The minimum atomic E-state index is -4.64. The Labute approximate surface area is 228 Å². The maximum absolute atomic E-state index is 13.5. The lowest BCUT2D eigenvalue weighted by Gasteiger charge is -2.41. The summed E-state index contributed by atoms with van der Waals surface area (Å²) in [5.74, 6) is -0.441. The molecule has 0 spiro atoms. The second-order valence-electron chi connectivity index (χ2n) is 11.8. The Kier molecular flexibility index (Phi) is 8.56. The van der Waals surface area contributed by atoms with Gasteiger partial charge >= 0.3 is 12.3 Å². The van der Waals surface area contributed by atoms with Crippen LogP contribution in [0.2, 0.25) is 0 Å². The SMILES string of the molecule is CC(C)(C)OC(=O)N[C@@H]1CCCC[C@@H]1C(=O)N1CCC(N(C2CC2)S(=O)(=O)c2cccc(C(F)(F)F)c2)CC1. The first-order valence-corrected chi connectivity index (χ1v) is 15.1. The van der Waals surface area contributed by atoms with E-state index in [-0.39, 0.29) is 28.8 Å². The van der Waals surface area contributed by atoms with Crippen LogP contribution in [0.3, 0.4) is 0 Å². The van der Waals surface area contributed by atoms with E-state index in [0.717, 1.165) is 25.0 Å². The fourth-order valence-corrected chi connectivity index (χ4v) is 7.58. The molecule has 12 heteroatoms. The van der Waals surface area contributed by atoms with Crippen molar-refractivity contribution in [1.82, 2.24) is 14.5 Å². The van der Waals surface area contributed by atoms with Crippen LogP contribution in [0.15, 0.2) is 29.2 Å². The van der Waals surface area contributed by atoms with Crippen LogP contribution in [0.4, 0.5) is 18.0 Å². The molecule has 1 saturated heterocycles. The lowest BCUT2D eigenvalue weighted by Crippen LogP contribution is -2.54. The highest BCUT2D eigenvalue weighted by Crippen LogP contribution is 2.38.